The van der Waals surface area contributed by atoms with E-state index in [-0.39, 0.29) is 18.9 Å². The molecule has 2 amide bonds. The van der Waals surface area contributed by atoms with Crippen LogP contribution in [0.3, 0.4) is 0 Å². The number of para-hydroxylation sites is 1. The molecule has 0 saturated carbocycles. The molecule has 9 heteroatoms. The van der Waals surface area contributed by atoms with E-state index in [2.05, 4.69) is 16.4 Å². The van der Waals surface area contributed by atoms with Crippen molar-refractivity contribution in [3.63, 3.8) is 0 Å². The zero-order valence-electron chi connectivity index (χ0n) is 19.9. The molecular formula is C27H26N4O4S. The number of aromatic nitrogens is 1. The minimum absolute atomic E-state index is 0.175. The second-order valence-corrected chi connectivity index (χ2v) is 9.13. The van der Waals surface area contributed by atoms with Crippen LogP contribution in [0, 0.1) is 11.3 Å². The van der Waals surface area contributed by atoms with Crippen molar-refractivity contribution in [1.29, 1.82) is 5.26 Å². The lowest BCUT2D eigenvalue weighted by molar-refractivity contribution is -0.111. The number of carbonyl (C=O) groups is 2. The quantitative estimate of drug-likeness (QED) is 0.437. The normalized spacial score (nSPS) is 12.6. The van der Waals surface area contributed by atoms with Crippen LogP contribution in [0.5, 0.6) is 5.75 Å². The van der Waals surface area contributed by atoms with Crippen molar-refractivity contribution in [2.45, 2.75) is 32.9 Å². The van der Waals surface area contributed by atoms with Gasteiger partial charge in [0.05, 0.1) is 25.6 Å². The van der Waals surface area contributed by atoms with Crippen molar-refractivity contribution in [3.8, 4) is 11.8 Å². The SMILES string of the molecule is CCOc1ccccc1C=CC(=O)Nc1sc2c(c1CC#N)CCN(C(=O)OCc1ccncc1)C2. The summed E-state index contributed by atoms with van der Waals surface area (Å²) in [5.74, 6) is 0.407. The third-order valence-electron chi connectivity index (χ3n) is 5.66. The summed E-state index contributed by atoms with van der Waals surface area (Å²) in [6.07, 6.45) is 6.86. The Hall–Kier alpha value is -4.16. The Morgan fingerprint density at radius 2 is 2.06 bits per heavy atom. The average molecular weight is 503 g/mol. The van der Waals surface area contributed by atoms with E-state index in [9.17, 15) is 14.9 Å². The number of carbonyl (C=O) groups excluding carboxylic acids is 2. The number of rotatable bonds is 8. The summed E-state index contributed by atoms with van der Waals surface area (Å²) < 4.78 is 11.1. The molecule has 3 aromatic rings. The molecule has 4 rings (SSSR count). The maximum atomic E-state index is 12.7. The number of ether oxygens (including phenoxy) is 2. The number of nitrogens with zero attached hydrogens (tertiary/aromatic N) is 3. The van der Waals surface area contributed by atoms with Gasteiger partial charge in [-0.3, -0.25) is 9.78 Å². The van der Waals surface area contributed by atoms with Crippen LogP contribution in [0.1, 0.15) is 34.1 Å². The van der Waals surface area contributed by atoms with Crippen molar-refractivity contribution in [2.24, 2.45) is 0 Å². The van der Waals surface area contributed by atoms with Gasteiger partial charge in [-0.1, -0.05) is 18.2 Å². The number of benzene rings is 1. The Labute approximate surface area is 213 Å². The van der Waals surface area contributed by atoms with E-state index in [0.29, 0.717) is 36.9 Å². The summed E-state index contributed by atoms with van der Waals surface area (Å²) in [4.78, 5) is 31.9. The van der Waals surface area contributed by atoms with Gasteiger partial charge < -0.3 is 19.7 Å². The molecule has 36 heavy (non-hydrogen) atoms. The summed E-state index contributed by atoms with van der Waals surface area (Å²) in [7, 11) is 0. The fourth-order valence-corrected chi connectivity index (χ4v) is 5.22. The number of anilines is 1. The molecule has 0 spiro atoms. The maximum absolute atomic E-state index is 12.7. The number of nitriles is 1. The Balaban J connectivity index is 1.44. The Morgan fingerprint density at radius 3 is 2.83 bits per heavy atom. The molecule has 1 aliphatic heterocycles. The second kappa shape index (κ2) is 12.0. The maximum Gasteiger partial charge on any atom is 0.410 e. The third kappa shape index (κ3) is 6.09. The number of amides is 2. The van der Waals surface area contributed by atoms with E-state index in [4.69, 9.17) is 9.47 Å². The predicted molar refractivity (Wildman–Crippen MR) is 137 cm³/mol. The number of pyridine rings is 1. The number of fused-ring (bicyclic) bond motifs is 1. The summed E-state index contributed by atoms with van der Waals surface area (Å²) in [6.45, 7) is 3.47. The lowest BCUT2D eigenvalue weighted by Crippen LogP contribution is -2.35. The van der Waals surface area contributed by atoms with Crippen LogP contribution in [0.4, 0.5) is 9.80 Å². The summed E-state index contributed by atoms with van der Waals surface area (Å²) >= 11 is 1.40. The van der Waals surface area contributed by atoms with Crippen molar-refractivity contribution in [1.82, 2.24) is 9.88 Å². The van der Waals surface area contributed by atoms with Gasteiger partial charge in [0.15, 0.2) is 0 Å². The zero-order valence-corrected chi connectivity index (χ0v) is 20.7. The first-order valence-corrected chi connectivity index (χ1v) is 12.4. The van der Waals surface area contributed by atoms with Gasteiger partial charge in [-0.05, 0) is 48.7 Å². The minimum Gasteiger partial charge on any atom is -0.493 e. The monoisotopic (exact) mass is 502 g/mol. The van der Waals surface area contributed by atoms with Gasteiger partial charge in [0.25, 0.3) is 0 Å². The molecule has 2 aromatic heterocycles. The van der Waals surface area contributed by atoms with Crippen molar-refractivity contribution < 1.29 is 19.1 Å². The fraction of sp³-hybridized carbons (Fsp3) is 0.259. The second-order valence-electron chi connectivity index (χ2n) is 8.02. The van der Waals surface area contributed by atoms with Crippen LogP contribution in [0.2, 0.25) is 0 Å². The van der Waals surface area contributed by atoms with Crippen LogP contribution >= 0.6 is 11.3 Å². The smallest absolute Gasteiger partial charge is 0.410 e. The van der Waals surface area contributed by atoms with E-state index in [1.54, 1.807) is 35.5 Å². The molecule has 3 heterocycles. The fourth-order valence-electron chi connectivity index (χ4n) is 3.93. The molecule has 0 radical (unpaired) electrons. The van der Waals surface area contributed by atoms with Gasteiger partial charge in [-0.2, -0.15) is 5.26 Å². The first-order valence-electron chi connectivity index (χ1n) is 11.6. The lowest BCUT2D eigenvalue weighted by Gasteiger charge is -2.26. The molecule has 0 atom stereocenters. The first kappa shape index (κ1) is 24.9. The zero-order chi connectivity index (χ0) is 25.3. The van der Waals surface area contributed by atoms with Gasteiger partial charge >= 0.3 is 6.09 Å². The largest absolute Gasteiger partial charge is 0.493 e. The number of nitrogens with one attached hydrogen (secondary N) is 1. The summed E-state index contributed by atoms with van der Waals surface area (Å²) in [6, 6.07) is 13.3. The topological polar surface area (TPSA) is 105 Å². The summed E-state index contributed by atoms with van der Waals surface area (Å²) in [5.41, 5.74) is 3.52. The average Bonchev–Trinajstić information content (AvgIpc) is 3.23. The van der Waals surface area contributed by atoms with E-state index in [1.807, 2.05) is 31.2 Å². The highest BCUT2D eigenvalue weighted by molar-refractivity contribution is 7.16. The molecular weight excluding hydrogens is 476 g/mol. The molecule has 0 bridgehead atoms. The van der Waals surface area contributed by atoms with Crippen LogP contribution in [0.15, 0.2) is 54.9 Å². The summed E-state index contributed by atoms with van der Waals surface area (Å²) in [5, 5.41) is 12.9. The molecule has 0 unspecified atom stereocenters. The molecule has 0 saturated heterocycles. The van der Waals surface area contributed by atoms with E-state index in [1.165, 1.54) is 17.4 Å². The van der Waals surface area contributed by atoms with Gasteiger partial charge in [-0.25, -0.2) is 4.79 Å². The lowest BCUT2D eigenvalue weighted by atomic mass is 10.0. The van der Waals surface area contributed by atoms with Gasteiger partial charge in [0.1, 0.15) is 17.4 Å². The standard InChI is InChI=1S/C27H26N4O4S/c1-2-34-23-6-4-3-5-20(23)7-8-25(32)30-26-22(9-13-28)21-12-16-31(17-24(21)36-26)27(33)35-18-19-10-14-29-15-11-19/h3-8,10-11,14-15H,2,9,12,16-18H2,1H3,(H,30,32). The van der Waals surface area contributed by atoms with Crippen LogP contribution in [0.25, 0.3) is 6.08 Å². The van der Waals surface area contributed by atoms with Crippen LogP contribution in [-0.2, 0) is 35.5 Å². The molecule has 0 aliphatic carbocycles. The number of hydrogen-bond acceptors (Lipinski definition) is 7. The van der Waals surface area contributed by atoms with Crippen molar-refractivity contribution in [2.75, 3.05) is 18.5 Å². The molecule has 1 aliphatic rings. The van der Waals surface area contributed by atoms with Gasteiger partial charge in [0, 0.05) is 41.0 Å². The van der Waals surface area contributed by atoms with Crippen LogP contribution < -0.4 is 10.1 Å². The van der Waals surface area contributed by atoms with Crippen molar-refractivity contribution in [3.05, 3.63) is 82.0 Å². The van der Waals surface area contributed by atoms with Crippen LogP contribution in [-0.4, -0.2) is 35.0 Å². The number of hydrogen-bond donors (Lipinski definition) is 1. The highest BCUT2D eigenvalue weighted by Gasteiger charge is 2.28. The van der Waals surface area contributed by atoms with E-state index >= 15 is 0 Å². The van der Waals surface area contributed by atoms with Gasteiger partial charge in [0.2, 0.25) is 5.91 Å². The Kier molecular flexibility index (Phi) is 8.32. The molecule has 8 nitrogen and oxygen atoms in total. The minimum atomic E-state index is -0.394. The molecule has 0 fully saturated rings. The number of thiophene rings is 1. The molecule has 1 aromatic carbocycles. The predicted octanol–water partition coefficient (Wildman–Crippen LogP) is 4.95. The molecule has 184 valence electrons. The van der Waals surface area contributed by atoms with E-state index < -0.39 is 6.09 Å². The van der Waals surface area contributed by atoms with Crippen molar-refractivity contribution >= 4 is 34.4 Å². The third-order valence-corrected chi connectivity index (χ3v) is 6.84. The molecule has 1 N–H and O–H groups in total. The Morgan fingerprint density at radius 1 is 1.25 bits per heavy atom. The highest BCUT2D eigenvalue weighted by atomic mass is 32.1. The van der Waals surface area contributed by atoms with E-state index in [0.717, 1.165) is 27.1 Å². The first-order chi connectivity index (χ1) is 17.6. The van der Waals surface area contributed by atoms with Gasteiger partial charge in [-0.15, -0.1) is 11.3 Å². The highest BCUT2D eigenvalue weighted by Crippen LogP contribution is 2.37. The Bertz CT molecular complexity index is 1300.